The number of hydrogen-bond acceptors (Lipinski definition) is 3. The van der Waals surface area contributed by atoms with E-state index in [9.17, 15) is 13.6 Å². The molecule has 1 aromatic rings. The number of anilines is 2. The van der Waals surface area contributed by atoms with E-state index < -0.39 is 11.6 Å². The fourth-order valence-corrected chi connectivity index (χ4v) is 1.56. The molecule has 4 nitrogen and oxygen atoms in total. The van der Waals surface area contributed by atoms with Gasteiger partial charge in [0.25, 0.3) is 0 Å². The predicted molar refractivity (Wildman–Crippen MR) is 67.3 cm³/mol. The minimum absolute atomic E-state index is 0.0117. The van der Waals surface area contributed by atoms with E-state index >= 15 is 0 Å². The molecule has 0 aliphatic rings. The summed E-state index contributed by atoms with van der Waals surface area (Å²) in [7, 11) is 1.45. The average Bonchev–Trinajstić information content (AvgIpc) is 2.24. The monoisotopic (exact) mass is 257 g/mol. The number of rotatable bonds is 5. The minimum atomic E-state index is -0.779. The highest BCUT2D eigenvalue weighted by Gasteiger charge is 2.16. The third-order valence-electron chi connectivity index (χ3n) is 2.37. The molecule has 1 aromatic carbocycles. The molecule has 0 radical (unpaired) electrons. The van der Waals surface area contributed by atoms with Crippen molar-refractivity contribution in [2.45, 2.75) is 13.3 Å². The Labute approximate surface area is 105 Å². The summed E-state index contributed by atoms with van der Waals surface area (Å²) in [5.74, 6) is -1.84. The van der Waals surface area contributed by atoms with Crippen LogP contribution in [-0.2, 0) is 4.79 Å². The predicted octanol–water partition coefficient (Wildman–Crippen LogP) is 1.51. The summed E-state index contributed by atoms with van der Waals surface area (Å²) in [6.07, 6.45) is 0.806. The first-order chi connectivity index (χ1) is 8.45. The first kappa shape index (κ1) is 14.2. The first-order valence-electron chi connectivity index (χ1n) is 5.68. The van der Waals surface area contributed by atoms with E-state index in [-0.39, 0.29) is 23.8 Å². The molecule has 0 spiro atoms. The largest absolute Gasteiger partial charge is 0.399 e. The highest BCUT2D eigenvalue weighted by atomic mass is 19.1. The first-order valence-corrected chi connectivity index (χ1v) is 5.68. The molecule has 0 saturated carbocycles. The third kappa shape index (κ3) is 3.58. The Balaban J connectivity index is 2.78. The standard InChI is InChI=1S/C12H17F2N3O/c1-3-4-16-11(18)7-17(2)12-9(13)5-8(15)6-10(12)14/h5-6H,3-4,7,15H2,1-2H3,(H,16,18). The van der Waals surface area contributed by atoms with Crippen LogP contribution in [0.1, 0.15) is 13.3 Å². The number of nitrogens with two attached hydrogens (primary N) is 1. The zero-order valence-corrected chi connectivity index (χ0v) is 10.5. The summed E-state index contributed by atoms with van der Waals surface area (Å²) in [4.78, 5) is 12.7. The Morgan fingerprint density at radius 1 is 1.39 bits per heavy atom. The van der Waals surface area contributed by atoms with Crippen LogP contribution in [0.3, 0.4) is 0 Å². The molecular weight excluding hydrogens is 240 g/mol. The number of benzene rings is 1. The molecule has 1 amide bonds. The highest BCUT2D eigenvalue weighted by Crippen LogP contribution is 2.24. The van der Waals surface area contributed by atoms with Crippen molar-refractivity contribution in [3.05, 3.63) is 23.8 Å². The molecule has 0 saturated heterocycles. The Hall–Kier alpha value is -1.85. The number of nitrogens with zero attached hydrogens (tertiary/aromatic N) is 1. The second-order valence-corrected chi connectivity index (χ2v) is 4.04. The van der Waals surface area contributed by atoms with Crippen molar-refractivity contribution < 1.29 is 13.6 Å². The lowest BCUT2D eigenvalue weighted by atomic mass is 10.2. The lowest BCUT2D eigenvalue weighted by Crippen LogP contribution is -2.36. The number of carbonyl (C=O) groups excluding carboxylic acids is 1. The van der Waals surface area contributed by atoms with Crippen molar-refractivity contribution >= 4 is 17.3 Å². The molecule has 0 aromatic heterocycles. The summed E-state index contributed by atoms with van der Waals surface area (Å²) in [5.41, 5.74) is 5.08. The smallest absolute Gasteiger partial charge is 0.239 e. The van der Waals surface area contributed by atoms with Crippen LogP contribution < -0.4 is 16.0 Å². The quantitative estimate of drug-likeness (QED) is 0.786. The zero-order valence-electron chi connectivity index (χ0n) is 10.5. The lowest BCUT2D eigenvalue weighted by Gasteiger charge is -2.20. The second kappa shape index (κ2) is 6.18. The summed E-state index contributed by atoms with van der Waals surface area (Å²) >= 11 is 0. The molecule has 18 heavy (non-hydrogen) atoms. The van der Waals surface area contributed by atoms with Crippen LogP contribution in [0.5, 0.6) is 0 Å². The van der Waals surface area contributed by atoms with Gasteiger partial charge in [-0.05, 0) is 18.6 Å². The SMILES string of the molecule is CCCNC(=O)CN(C)c1c(F)cc(N)cc1F. The fourth-order valence-electron chi connectivity index (χ4n) is 1.56. The van der Waals surface area contributed by atoms with Crippen molar-refractivity contribution in [2.75, 3.05) is 30.8 Å². The lowest BCUT2D eigenvalue weighted by molar-refractivity contribution is -0.119. The number of carbonyl (C=O) groups is 1. The van der Waals surface area contributed by atoms with Crippen LogP contribution in [0.25, 0.3) is 0 Å². The van der Waals surface area contributed by atoms with Gasteiger partial charge in [0.2, 0.25) is 5.91 Å². The Bertz CT molecular complexity index is 414. The average molecular weight is 257 g/mol. The molecule has 100 valence electrons. The van der Waals surface area contributed by atoms with Crippen molar-refractivity contribution in [1.29, 1.82) is 0 Å². The highest BCUT2D eigenvalue weighted by molar-refractivity contribution is 5.81. The van der Waals surface area contributed by atoms with Gasteiger partial charge in [0, 0.05) is 19.3 Å². The molecule has 0 aliphatic carbocycles. The van der Waals surface area contributed by atoms with Crippen molar-refractivity contribution in [1.82, 2.24) is 5.32 Å². The van der Waals surface area contributed by atoms with Crippen LogP contribution in [0, 0.1) is 11.6 Å². The third-order valence-corrected chi connectivity index (χ3v) is 2.37. The van der Waals surface area contributed by atoms with Crippen LogP contribution in [-0.4, -0.2) is 26.0 Å². The number of hydrogen-bond donors (Lipinski definition) is 2. The van der Waals surface area contributed by atoms with E-state index in [1.54, 1.807) is 0 Å². The summed E-state index contributed by atoms with van der Waals surface area (Å²) in [5, 5.41) is 2.63. The Morgan fingerprint density at radius 3 is 2.44 bits per heavy atom. The second-order valence-electron chi connectivity index (χ2n) is 4.04. The number of nitrogen functional groups attached to an aromatic ring is 1. The van der Waals surface area contributed by atoms with Gasteiger partial charge in [-0.2, -0.15) is 0 Å². The van der Waals surface area contributed by atoms with E-state index in [2.05, 4.69) is 5.32 Å². The zero-order chi connectivity index (χ0) is 13.7. The van der Waals surface area contributed by atoms with Crippen LogP contribution in [0.4, 0.5) is 20.2 Å². The normalized spacial score (nSPS) is 10.2. The molecule has 6 heteroatoms. The van der Waals surface area contributed by atoms with Crippen LogP contribution in [0.2, 0.25) is 0 Å². The number of amides is 1. The van der Waals surface area contributed by atoms with E-state index in [0.717, 1.165) is 18.6 Å². The molecule has 0 aliphatic heterocycles. The minimum Gasteiger partial charge on any atom is -0.399 e. The van der Waals surface area contributed by atoms with Crippen LogP contribution in [0.15, 0.2) is 12.1 Å². The van der Waals surface area contributed by atoms with Gasteiger partial charge in [0.05, 0.1) is 6.54 Å². The van der Waals surface area contributed by atoms with Gasteiger partial charge in [-0.3, -0.25) is 4.79 Å². The molecule has 0 atom stereocenters. The van der Waals surface area contributed by atoms with Crippen molar-refractivity contribution in [2.24, 2.45) is 0 Å². The number of nitrogens with one attached hydrogen (secondary N) is 1. The maximum atomic E-state index is 13.6. The van der Waals surface area contributed by atoms with E-state index in [1.807, 2.05) is 6.92 Å². The van der Waals surface area contributed by atoms with Crippen molar-refractivity contribution in [3.63, 3.8) is 0 Å². The van der Waals surface area contributed by atoms with Gasteiger partial charge >= 0.3 is 0 Å². The van der Waals surface area contributed by atoms with Gasteiger partial charge in [-0.25, -0.2) is 8.78 Å². The molecule has 3 N–H and O–H groups in total. The molecule has 0 unspecified atom stereocenters. The molecule has 1 rings (SSSR count). The van der Waals surface area contributed by atoms with Crippen LogP contribution >= 0.6 is 0 Å². The van der Waals surface area contributed by atoms with E-state index in [4.69, 9.17) is 5.73 Å². The van der Waals surface area contributed by atoms with Gasteiger partial charge in [0.1, 0.15) is 5.69 Å². The number of halogens is 2. The fraction of sp³-hybridized carbons (Fsp3) is 0.417. The topological polar surface area (TPSA) is 58.4 Å². The molecule has 0 heterocycles. The Kier molecular flexibility index (Phi) is 4.88. The molecule has 0 bridgehead atoms. The van der Waals surface area contributed by atoms with Gasteiger partial charge < -0.3 is 16.0 Å². The van der Waals surface area contributed by atoms with Gasteiger partial charge in [-0.1, -0.05) is 6.92 Å². The van der Waals surface area contributed by atoms with E-state index in [1.165, 1.54) is 11.9 Å². The summed E-state index contributed by atoms with van der Waals surface area (Å²) in [6.45, 7) is 2.35. The maximum Gasteiger partial charge on any atom is 0.239 e. The molecule has 0 fully saturated rings. The van der Waals surface area contributed by atoms with Crippen molar-refractivity contribution in [3.8, 4) is 0 Å². The summed E-state index contributed by atoms with van der Waals surface area (Å²) < 4.78 is 27.1. The summed E-state index contributed by atoms with van der Waals surface area (Å²) in [6, 6.07) is 2.05. The Morgan fingerprint density at radius 2 is 1.94 bits per heavy atom. The van der Waals surface area contributed by atoms with Gasteiger partial charge in [-0.15, -0.1) is 0 Å². The molecular formula is C12H17F2N3O. The van der Waals surface area contributed by atoms with Gasteiger partial charge in [0.15, 0.2) is 11.6 Å². The number of likely N-dealkylation sites (N-methyl/N-ethyl adjacent to an activating group) is 1. The van der Waals surface area contributed by atoms with E-state index in [0.29, 0.717) is 6.54 Å². The maximum absolute atomic E-state index is 13.6.